The fourth-order valence-electron chi connectivity index (χ4n) is 8.41. The summed E-state index contributed by atoms with van der Waals surface area (Å²) in [5, 5.41) is 10.1. The van der Waals surface area contributed by atoms with Gasteiger partial charge in [-0.2, -0.15) is 0 Å². The van der Waals surface area contributed by atoms with E-state index in [1.807, 2.05) is 12.1 Å². The molecule has 1 aliphatic heterocycles. The summed E-state index contributed by atoms with van der Waals surface area (Å²) < 4.78 is 0. The standard InChI is InChI=1S/C32H41NO2/c1-32-21-28(23-9-7-22(8-10-23)6-5-19-33-17-3-2-4-18-33)31-26-14-12-25(34)20-24(26)11-13-27(31)29(32)15-16-30(32)35/h7-10,12,14,20,27-29,31,34H,2-6,11,13,15-19,21H2,1H3/t27-,28?,29-,31+,32-/m0/s1. The molecule has 1 saturated heterocycles. The normalized spacial score (nSPS) is 32.7. The van der Waals surface area contributed by atoms with Gasteiger partial charge in [-0.3, -0.25) is 4.79 Å². The van der Waals surface area contributed by atoms with Gasteiger partial charge in [-0.15, -0.1) is 0 Å². The molecule has 3 heteroatoms. The lowest BCUT2D eigenvalue weighted by Gasteiger charge is -2.52. The summed E-state index contributed by atoms with van der Waals surface area (Å²) in [6.45, 7) is 6.05. The third kappa shape index (κ3) is 4.24. The molecule has 6 rings (SSSR count). The van der Waals surface area contributed by atoms with Gasteiger partial charge in [0.2, 0.25) is 0 Å². The van der Waals surface area contributed by atoms with Crippen LogP contribution in [0.4, 0.5) is 0 Å². The first kappa shape index (κ1) is 23.3. The molecule has 1 heterocycles. The Morgan fingerprint density at radius 1 is 1.00 bits per heavy atom. The smallest absolute Gasteiger partial charge is 0.139 e. The van der Waals surface area contributed by atoms with Crippen LogP contribution in [0.3, 0.4) is 0 Å². The number of phenols is 1. The number of nitrogens with zero attached hydrogens (tertiary/aromatic N) is 1. The van der Waals surface area contributed by atoms with Crippen LogP contribution >= 0.6 is 0 Å². The zero-order valence-electron chi connectivity index (χ0n) is 21.3. The van der Waals surface area contributed by atoms with E-state index < -0.39 is 0 Å². The Kier molecular flexibility index (Phi) is 6.25. The first-order valence-electron chi connectivity index (χ1n) is 14.2. The zero-order chi connectivity index (χ0) is 24.0. The molecule has 4 aliphatic rings. The summed E-state index contributed by atoms with van der Waals surface area (Å²) in [7, 11) is 0. The molecule has 2 aromatic rings. The number of carbonyl (C=O) groups is 1. The Labute approximate surface area is 210 Å². The summed E-state index contributed by atoms with van der Waals surface area (Å²) in [5.74, 6) is 2.77. The fraction of sp³-hybridized carbons (Fsp3) is 0.594. The maximum absolute atomic E-state index is 13.1. The van der Waals surface area contributed by atoms with Crippen molar-refractivity contribution >= 4 is 5.78 Å². The summed E-state index contributed by atoms with van der Waals surface area (Å²) in [6.07, 6.45) is 11.5. The van der Waals surface area contributed by atoms with Crippen LogP contribution in [0.1, 0.15) is 92.4 Å². The van der Waals surface area contributed by atoms with Gasteiger partial charge in [-0.05, 0) is 129 Å². The van der Waals surface area contributed by atoms with Crippen LogP contribution in [-0.4, -0.2) is 35.4 Å². The Hall–Kier alpha value is -2.13. The number of likely N-dealkylation sites (tertiary alicyclic amines) is 1. The van der Waals surface area contributed by atoms with Gasteiger partial charge in [0.05, 0.1) is 0 Å². The second kappa shape index (κ2) is 9.39. The second-order valence-electron chi connectivity index (χ2n) is 12.2. The van der Waals surface area contributed by atoms with Crippen molar-refractivity contribution in [2.75, 3.05) is 19.6 Å². The minimum Gasteiger partial charge on any atom is -0.508 e. The number of benzene rings is 2. The number of rotatable bonds is 5. The fourth-order valence-corrected chi connectivity index (χ4v) is 8.41. The average Bonchev–Trinajstić information content (AvgIpc) is 3.18. The van der Waals surface area contributed by atoms with E-state index in [0.717, 1.165) is 38.5 Å². The molecule has 0 spiro atoms. The van der Waals surface area contributed by atoms with Crippen LogP contribution in [-0.2, 0) is 17.6 Å². The number of aryl methyl sites for hydroxylation is 2. The van der Waals surface area contributed by atoms with Crippen molar-refractivity contribution in [3.63, 3.8) is 0 Å². The Balaban J connectivity index is 1.25. The minimum atomic E-state index is -0.173. The lowest BCUT2D eigenvalue weighted by molar-refractivity contribution is -0.130. The zero-order valence-corrected chi connectivity index (χ0v) is 21.3. The average molecular weight is 472 g/mol. The Bertz CT molecular complexity index is 1070. The SMILES string of the molecule is C[C@]12CC(c3ccc(CCCN4CCCCC4)cc3)[C@@H]3c4ccc(O)cc4CC[C@H]3[C@@H]1CCC2=O. The number of ketones is 1. The first-order chi connectivity index (χ1) is 17.0. The topological polar surface area (TPSA) is 40.5 Å². The lowest BCUT2D eigenvalue weighted by atomic mass is 9.51. The minimum absolute atomic E-state index is 0.173. The monoisotopic (exact) mass is 471 g/mol. The molecular weight excluding hydrogens is 430 g/mol. The molecule has 0 aromatic heterocycles. The first-order valence-corrected chi connectivity index (χ1v) is 14.2. The number of aromatic hydroxyl groups is 1. The number of carbonyl (C=O) groups excluding carboxylic acids is 1. The summed E-state index contributed by atoms with van der Waals surface area (Å²) in [4.78, 5) is 15.8. The third-order valence-electron chi connectivity index (χ3n) is 10.2. The van der Waals surface area contributed by atoms with Gasteiger partial charge >= 0.3 is 0 Å². The highest BCUT2D eigenvalue weighted by Crippen LogP contribution is 2.64. The highest BCUT2D eigenvalue weighted by atomic mass is 16.3. The summed E-state index contributed by atoms with van der Waals surface area (Å²) in [5.41, 5.74) is 5.41. The number of phenolic OH excluding ortho intramolecular Hbond substituents is 1. The van der Waals surface area contributed by atoms with E-state index in [-0.39, 0.29) is 5.41 Å². The highest BCUT2D eigenvalue weighted by Gasteiger charge is 2.57. The number of piperidine rings is 1. The van der Waals surface area contributed by atoms with Crippen molar-refractivity contribution in [1.82, 2.24) is 4.90 Å². The van der Waals surface area contributed by atoms with Gasteiger partial charge in [0.15, 0.2) is 0 Å². The lowest BCUT2D eigenvalue weighted by Crippen LogP contribution is -2.46. The molecule has 3 aliphatic carbocycles. The third-order valence-corrected chi connectivity index (χ3v) is 10.2. The van der Waals surface area contributed by atoms with E-state index in [1.54, 1.807) is 0 Å². The largest absolute Gasteiger partial charge is 0.508 e. The van der Waals surface area contributed by atoms with Crippen LogP contribution < -0.4 is 0 Å². The molecule has 2 aromatic carbocycles. The van der Waals surface area contributed by atoms with Gasteiger partial charge in [-0.25, -0.2) is 0 Å². The van der Waals surface area contributed by atoms with Crippen LogP contribution in [0.15, 0.2) is 42.5 Å². The van der Waals surface area contributed by atoms with Crippen LogP contribution in [0.2, 0.25) is 0 Å². The maximum Gasteiger partial charge on any atom is 0.139 e. The van der Waals surface area contributed by atoms with E-state index in [1.165, 1.54) is 67.6 Å². The molecule has 1 unspecified atom stereocenters. The van der Waals surface area contributed by atoms with Crippen molar-refractivity contribution in [1.29, 1.82) is 0 Å². The summed E-state index contributed by atoms with van der Waals surface area (Å²) in [6, 6.07) is 15.5. The van der Waals surface area contributed by atoms with Crippen LogP contribution in [0.5, 0.6) is 5.75 Å². The van der Waals surface area contributed by atoms with Gasteiger partial charge in [0, 0.05) is 11.8 Å². The van der Waals surface area contributed by atoms with E-state index in [0.29, 0.717) is 35.2 Å². The molecule has 3 fully saturated rings. The van der Waals surface area contributed by atoms with Crippen molar-refractivity contribution in [3.05, 3.63) is 64.7 Å². The summed E-state index contributed by atoms with van der Waals surface area (Å²) >= 11 is 0. The van der Waals surface area contributed by atoms with Gasteiger partial charge in [0.25, 0.3) is 0 Å². The predicted octanol–water partition coefficient (Wildman–Crippen LogP) is 6.63. The molecule has 0 bridgehead atoms. The van der Waals surface area contributed by atoms with E-state index in [9.17, 15) is 9.90 Å². The van der Waals surface area contributed by atoms with Gasteiger partial charge in [-0.1, -0.05) is 43.7 Å². The molecule has 2 saturated carbocycles. The predicted molar refractivity (Wildman–Crippen MR) is 141 cm³/mol. The maximum atomic E-state index is 13.1. The van der Waals surface area contributed by atoms with E-state index in [4.69, 9.17) is 0 Å². The van der Waals surface area contributed by atoms with E-state index >= 15 is 0 Å². The molecule has 3 nitrogen and oxygen atoms in total. The molecule has 35 heavy (non-hydrogen) atoms. The molecule has 186 valence electrons. The quantitative estimate of drug-likeness (QED) is 0.532. The highest BCUT2D eigenvalue weighted by molar-refractivity contribution is 5.87. The number of fused-ring (bicyclic) bond motifs is 5. The molecule has 1 N–H and O–H groups in total. The van der Waals surface area contributed by atoms with Crippen molar-refractivity contribution < 1.29 is 9.90 Å². The molecule has 0 radical (unpaired) electrons. The van der Waals surface area contributed by atoms with Crippen molar-refractivity contribution in [2.45, 2.75) is 83.0 Å². The van der Waals surface area contributed by atoms with Crippen LogP contribution in [0, 0.1) is 17.3 Å². The second-order valence-corrected chi connectivity index (χ2v) is 12.2. The van der Waals surface area contributed by atoms with Crippen molar-refractivity contribution in [3.8, 4) is 5.75 Å². The number of hydrogen-bond donors (Lipinski definition) is 1. The number of hydrogen-bond acceptors (Lipinski definition) is 3. The molecule has 0 amide bonds. The van der Waals surface area contributed by atoms with Crippen LogP contribution in [0.25, 0.3) is 0 Å². The Morgan fingerprint density at radius 3 is 2.60 bits per heavy atom. The number of Topliss-reactive ketones (excluding diaryl/α,β-unsaturated/α-hetero) is 1. The molecule has 5 atom stereocenters. The molecular formula is C32H41NO2. The van der Waals surface area contributed by atoms with Gasteiger partial charge < -0.3 is 10.0 Å². The van der Waals surface area contributed by atoms with Gasteiger partial charge in [0.1, 0.15) is 11.5 Å². The van der Waals surface area contributed by atoms with E-state index in [2.05, 4.69) is 42.2 Å². The Morgan fingerprint density at radius 2 is 1.80 bits per heavy atom. The van der Waals surface area contributed by atoms with Crippen molar-refractivity contribution in [2.24, 2.45) is 17.3 Å².